The Kier molecular flexibility index (Phi) is 4.41. The maximum atomic E-state index is 12.7. The Balaban J connectivity index is 1.95. The summed E-state index contributed by atoms with van der Waals surface area (Å²) in [5, 5.41) is 27.1. The van der Waals surface area contributed by atoms with Crippen LogP contribution < -0.4 is 0 Å². The third-order valence-corrected chi connectivity index (χ3v) is 4.24. The molecule has 124 valence electrons. The first-order valence-electron chi connectivity index (χ1n) is 7.51. The first-order valence-corrected chi connectivity index (χ1v) is 7.89. The molecule has 0 saturated carbocycles. The van der Waals surface area contributed by atoms with Gasteiger partial charge in [-0.2, -0.15) is 10.1 Å². The third kappa shape index (κ3) is 2.94. The average molecular weight is 345 g/mol. The van der Waals surface area contributed by atoms with E-state index in [9.17, 15) is 15.0 Å². The summed E-state index contributed by atoms with van der Waals surface area (Å²) < 4.78 is 0. The van der Waals surface area contributed by atoms with Crippen molar-refractivity contribution < 1.29 is 15.0 Å². The van der Waals surface area contributed by atoms with E-state index in [0.29, 0.717) is 21.9 Å². The molecule has 2 aromatic rings. The summed E-state index contributed by atoms with van der Waals surface area (Å²) in [5.41, 5.74) is -0.107. The maximum absolute atomic E-state index is 12.7. The first-order chi connectivity index (χ1) is 11.4. The van der Waals surface area contributed by atoms with E-state index in [4.69, 9.17) is 11.6 Å². The number of aliphatic hydroxyl groups excluding tert-OH is 1. The van der Waals surface area contributed by atoms with E-state index in [1.54, 1.807) is 61.5 Å². The fraction of sp³-hybridized carbons (Fsp3) is 0.222. The van der Waals surface area contributed by atoms with Gasteiger partial charge in [0.15, 0.2) is 11.8 Å². The molecule has 24 heavy (non-hydrogen) atoms. The number of carbonyl (C=O) groups excluding carboxylic acids is 1. The minimum Gasteiger partial charge on any atom is -0.378 e. The van der Waals surface area contributed by atoms with Gasteiger partial charge in [0.1, 0.15) is 0 Å². The predicted octanol–water partition coefficient (Wildman–Crippen LogP) is 2.83. The van der Waals surface area contributed by atoms with Gasteiger partial charge >= 0.3 is 0 Å². The molecular formula is C18H17ClN2O3. The Hall–Kier alpha value is -2.21. The number of hydrazone groups is 1. The van der Waals surface area contributed by atoms with Crippen LogP contribution in [0.3, 0.4) is 0 Å². The molecular weight excluding hydrogens is 328 g/mol. The molecule has 0 radical (unpaired) electrons. The Morgan fingerprint density at radius 1 is 1.21 bits per heavy atom. The molecule has 5 nitrogen and oxygen atoms in total. The van der Waals surface area contributed by atoms with E-state index in [2.05, 4.69) is 5.10 Å². The molecule has 6 heteroatoms. The maximum Gasteiger partial charge on any atom is 0.279 e. The van der Waals surface area contributed by atoms with Crippen molar-refractivity contribution in [3.8, 4) is 0 Å². The van der Waals surface area contributed by atoms with Crippen molar-refractivity contribution in [2.24, 2.45) is 5.10 Å². The largest absolute Gasteiger partial charge is 0.378 e. The highest BCUT2D eigenvalue weighted by molar-refractivity contribution is 6.30. The monoisotopic (exact) mass is 344 g/mol. The lowest BCUT2D eigenvalue weighted by atomic mass is 9.97. The number of amides is 1. The normalized spacial score (nSPS) is 21.5. The van der Waals surface area contributed by atoms with Crippen LogP contribution in [0.25, 0.3) is 0 Å². The van der Waals surface area contributed by atoms with Gasteiger partial charge in [-0.15, -0.1) is 0 Å². The van der Waals surface area contributed by atoms with Crippen molar-refractivity contribution in [3.63, 3.8) is 0 Å². The van der Waals surface area contributed by atoms with Crippen molar-refractivity contribution in [1.82, 2.24) is 5.01 Å². The van der Waals surface area contributed by atoms with E-state index in [1.807, 2.05) is 0 Å². The molecule has 0 bridgehead atoms. The minimum absolute atomic E-state index is 0.169. The van der Waals surface area contributed by atoms with Gasteiger partial charge in [0.2, 0.25) is 0 Å². The number of hydrogen-bond acceptors (Lipinski definition) is 4. The zero-order valence-electron chi connectivity index (χ0n) is 13.1. The third-order valence-electron chi connectivity index (χ3n) is 3.99. The quantitative estimate of drug-likeness (QED) is 0.899. The van der Waals surface area contributed by atoms with Crippen molar-refractivity contribution in [2.45, 2.75) is 25.2 Å². The van der Waals surface area contributed by atoms with Crippen LogP contribution in [0, 0.1) is 0 Å². The summed E-state index contributed by atoms with van der Waals surface area (Å²) in [4.78, 5) is 12.7. The van der Waals surface area contributed by atoms with Gasteiger partial charge in [-0.1, -0.05) is 54.1 Å². The number of rotatable bonds is 3. The number of benzene rings is 2. The number of halogens is 1. The molecule has 3 rings (SSSR count). The van der Waals surface area contributed by atoms with Crippen LogP contribution in [-0.2, 0) is 10.5 Å². The summed E-state index contributed by atoms with van der Waals surface area (Å²) in [5.74, 6) is -0.685. The summed E-state index contributed by atoms with van der Waals surface area (Å²) in [6, 6.07) is 15.1. The van der Waals surface area contributed by atoms with Crippen LogP contribution in [0.15, 0.2) is 59.7 Å². The van der Waals surface area contributed by atoms with Gasteiger partial charge < -0.3 is 10.2 Å². The standard InChI is InChI=1S/C18H17ClN2O3/c1-12-11-18(24,14-7-9-15(19)10-8-14)21(20-12)17(23)16(22)13-5-3-2-4-6-13/h2-10,16,22,24H,11H2,1H3/t16-,18-/m0/s1. The van der Waals surface area contributed by atoms with Gasteiger partial charge in [-0.05, 0) is 24.6 Å². The molecule has 0 fully saturated rings. The van der Waals surface area contributed by atoms with Crippen LogP contribution in [0.4, 0.5) is 0 Å². The molecule has 0 aromatic heterocycles. The topological polar surface area (TPSA) is 73.1 Å². The van der Waals surface area contributed by atoms with Crippen LogP contribution in [-0.4, -0.2) is 26.8 Å². The van der Waals surface area contributed by atoms with E-state index in [-0.39, 0.29) is 6.42 Å². The number of aliphatic hydroxyl groups is 2. The predicted molar refractivity (Wildman–Crippen MR) is 91.3 cm³/mol. The number of nitrogens with zero attached hydrogens (tertiary/aromatic N) is 2. The molecule has 2 aromatic carbocycles. The Morgan fingerprint density at radius 3 is 2.46 bits per heavy atom. The van der Waals surface area contributed by atoms with Crippen LogP contribution in [0.1, 0.15) is 30.6 Å². The second-order valence-corrected chi connectivity index (χ2v) is 6.24. The van der Waals surface area contributed by atoms with E-state index < -0.39 is 17.7 Å². The molecule has 1 amide bonds. The lowest BCUT2D eigenvalue weighted by Crippen LogP contribution is -2.45. The zero-order chi connectivity index (χ0) is 17.3. The highest BCUT2D eigenvalue weighted by atomic mass is 35.5. The van der Waals surface area contributed by atoms with E-state index in [1.165, 1.54) is 0 Å². The smallest absolute Gasteiger partial charge is 0.279 e. The van der Waals surface area contributed by atoms with Crippen molar-refractivity contribution in [3.05, 3.63) is 70.7 Å². The van der Waals surface area contributed by atoms with Crippen LogP contribution in [0.2, 0.25) is 5.02 Å². The van der Waals surface area contributed by atoms with Crippen LogP contribution >= 0.6 is 11.6 Å². The summed E-state index contributed by atoms with van der Waals surface area (Å²) in [7, 11) is 0. The summed E-state index contributed by atoms with van der Waals surface area (Å²) in [6.45, 7) is 1.73. The van der Waals surface area contributed by atoms with Crippen molar-refractivity contribution >= 4 is 23.2 Å². The van der Waals surface area contributed by atoms with Gasteiger partial charge in [-0.3, -0.25) is 4.79 Å². The fourth-order valence-corrected chi connectivity index (χ4v) is 2.91. The van der Waals surface area contributed by atoms with Crippen molar-refractivity contribution in [1.29, 1.82) is 0 Å². The summed E-state index contributed by atoms with van der Waals surface area (Å²) in [6.07, 6.45) is -1.23. The minimum atomic E-state index is -1.64. The number of carbonyl (C=O) groups is 1. The molecule has 2 N–H and O–H groups in total. The molecule has 1 aliphatic rings. The summed E-state index contributed by atoms with van der Waals surface area (Å²) >= 11 is 5.89. The van der Waals surface area contributed by atoms with Gasteiger partial charge in [0, 0.05) is 22.7 Å². The highest BCUT2D eigenvalue weighted by Crippen LogP contribution is 2.37. The lowest BCUT2D eigenvalue weighted by Gasteiger charge is -2.32. The Bertz CT molecular complexity index is 777. The number of hydrogen-bond donors (Lipinski definition) is 2. The lowest BCUT2D eigenvalue weighted by molar-refractivity contribution is -0.167. The SMILES string of the molecule is CC1=NN(C(=O)[C@@H](O)c2ccccc2)[C@@](O)(c2ccc(Cl)cc2)C1. The molecule has 0 spiro atoms. The molecule has 0 saturated heterocycles. The molecule has 0 aliphatic carbocycles. The van der Waals surface area contributed by atoms with E-state index in [0.717, 1.165) is 5.01 Å². The fourth-order valence-electron chi connectivity index (χ4n) is 2.79. The van der Waals surface area contributed by atoms with Gasteiger partial charge in [0.05, 0.1) is 0 Å². The zero-order valence-corrected chi connectivity index (χ0v) is 13.8. The van der Waals surface area contributed by atoms with E-state index >= 15 is 0 Å². The molecule has 2 atom stereocenters. The average Bonchev–Trinajstić information content (AvgIpc) is 2.90. The van der Waals surface area contributed by atoms with Crippen LogP contribution in [0.5, 0.6) is 0 Å². The van der Waals surface area contributed by atoms with Crippen molar-refractivity contribution in [2.75, 3.05) is 0 Å². The Morgan fingerprint density at radius 2 is 1.83 bits per heavy atom. The molecule has 1 heterocycles. The molecule has 1 aliphatic heterocycles. The molecule has 0 unspecified atom stereocenters. The second kappa shape index (κ2) is 6.36. The second-order valence-electron chi connectivity index (χ2n) is 5.80. The Labute approximate surface area is 144 Å². The van der Waals surface area contributed by atoms with Gasteiger partial charge in [-0.25, -0.2) is 0 Å². The van der Waals surface area contributed by atoms with Gasteiger partial charge in [0.25, 0.3) is 5.91 Å². The highest BCUT2D eigenvalue weighted by Gasteiger charge is 2.46. The first kappa shape index (κ1) is 16.6.